The summed E-state index contributed by atoms with van der Waals surface area (Å²) in [5.41, 5.74) is 4.94. The van der Waals surface area contributed by atoms with Gasteiger partial charge in [0.15, 0.2) is 5.75 Å². The largest absolute Gasteiger partial charge is 0.573 e. The van der Waals surface area contributed by atoms with Crippen LogP contribution in [0.2, 0.25) is 0 Å². The highest BCUT2D eigenvalue weighted by molar-refractivity contribution is 6.17. The zero-order chi connectivity index (χ0) is 12.3. The normalized spacial score (nSPS) is 10.9. The number of alkyl halides is 4. The van der Waals surface area contributed by atoms with Crippen molar-refractivity contribution in [1.29, 1.82) is 5.26 Å². The number of nitrogens with two attached hydrogens (primary N) is 1. The summed E-state index contributed by atoms with van der Waals surface area (Å²) >= 11 is 5.38. The van der Waals surface area contributed by atoms with Crippen molar-refractivity contribution in [2.75, 3.05) is 5.73 Å². The van der Waals surface area contributed by atoms with Crippen molar-refractivity contribution in [3.05, 3.63) is 17.3 Å². The summed E-state index contributed by atoms with van der Waals surface area (Å²) in [6.07, 6.45) is -4.87. The molecule has 1 rings (SSSR count). The molecule has 0 amide bonds. The Kier molecular flexibility index (Phi) is 3.44. The maximum Gasteiger partial charge on any atom is 0.573 e. The van der Waals surface area contributed by atoms with E-state index in [2.05, 4.69) is 9.72 Å². The third kappa shape index (κ3) is 2.90. The molecular formula is C8H5ClF3N3O. The van der Waals surface area contributed by atoms with Gasteiger partial charge in [-0.05, 0) is 0 Å². The zero-order valence-electron chi connectivity index (χ0n) is 7.68. The van der Waals surface area contributed by atoms with E-state index in [-0.39, 0.29) is 23.0 Å². The Morgan fingerprint density at radius 3 is 2.62 bits per heavy atom. The van der Waals surface area contributed by atoms with Gasteiger partial charge in [-0.15, -0.1) is 24.8 Å². The summed E-state index contributed by atoms with van der Waals surface area (Å²) in [6, 6.07) is 2.45. The first-order valence-electron chi connectivity index (χ1n) is 3.88. The highest BCUT2D eigenvalue weighted by Crippen LogP contribution is 2.28. The molecule has 2 N–H and O–H groups in total. The van der Waals surface area contributed by atoms with Crippen molar-refractivity contribution in [3.63, 3.8) is 0 Å². The predicted molar refractivity (Wildman–Crippen MR) is 49.6 cm³/mol. The lowest BCUT2D eigenvalue weighted by Gasteiger charge is -2.12. The maximum absolute atomic E-state index is 12.0. The van der Waals surface area contributed by atoms with Crippen LogP contribution >= 0.6 is 11.6 Å². The van der Waals surface area contributed by atoms with E-state index in [1.165, 1.54) is 0 Å². The highest BCUT2D eigenvalue weighted by atomic mass is 35.5. The molecule has 0 aromatic carbocycles. The number of pyridine rings is 1. The van der Waals surface area contributed by atoms with E-state index < -0.39 is 12.1 Å². The molecule has 1 aromatic heterocycles. The van der Waals surface area contributed by atoms with Gasteiger partial charge in [-0.3, -0.25) is 0 Å². The molecule has 0 saturated carbocycles. The number of rotatable bonds is 2. The molecule has 0 saturated heterocycles. The van der Waals surface area contributed by atoms with Gasteiger partial charge < -0.3 is 10.5 Å². The van der Waals surface area contributed by atoms with Crippen molar-refractivity contribution in [3.8, 4) is 11.8 Å². The highest BCUT2D eigenvalue weighted by Gasteiger charge is 2.32. The molecule has 0 fully saturated rings. The van der Waals surface area contributed by atoms with Crippen molar-refractivity contribution >= 4 is 17.4 Å². The van der Waals surface area contributed by atoms with Crippen LogP contribution in [0.3, 0.4) is 0 Å². The molecule has 86 valence electrons. The van der Waals surface area contributed by atoms with Crippen LogP contribution < -0.4 is 10.5 Å². The van der Waals surface area contributed by atoms with Gasteiger partial charge in [0.2, 0.25) is 0 Å². The second-order valence-corrected chi connectivity index (χ2v) is 2.93. The maximum atomic E-state index is 12.0. The van der Waals surface area contributed by atoms with Gasteiger partial charge in [-0.2, -0.15) is 5.26 Å². The van der Waals surface area contributed by atoms with Crippen molar-refractivity contribution in [1.82, 2.24) is 4.98 Å². The van der Waals surface area contributed by atoms with Crippen molar-refractivity contribution in [2.24, 2.45) is 0 Å². The molecular weight excluding hydrogens is 247 g/mol. The number of aromatic nitrogens is 1. The van der Waals surface area contributed by atoms with Gasteiger partial charge in [0.05, 0.1) is 17.1 Å². The fourth-order valence-electron chi connectivity index (χ4n) is 0.947. The number of nitriles is 1. The van der Waals surface area contributed by atoms with E-state index in [4.69, 9.17) is 22.6 Å². The van der Waals surface area contributed by atoms with Crippen LogP contribution in [0, 0.1) is 11.3 Å². The monoisotopic (exact) mass is 251 g/mol. The Balaban J connectivity index is 3.21. The summed E-state index contributed by atoms with van der Waals surface area (Å²) in [5.74, 6) is -1.11. The van der Waals surface area contributed by atoms with Crippen LogP contribution in [-0.4, -0.2) is 11.3 Å². The second kappa shape index (κ2) is 4.45. The van der Waals surface area contributed by atoms with E-state index in [1.807, 2.05) is 0 Å². The Labute approximate surface area is 93.4 Å². The first-order valence-corrected chi connectivity index (χ1v) is 4.42. The van der Waals surface area contributed by atoms with Gasteiger partial charge in [0, 0.05) is 6.07 Å². The number of anilines is 1. The molecule has 1 aromatic rings. The standard InChI is InChI=1S/C8H5ClF3N3O/c9-2-5-6(16-8(10,11)12)1-4(3-13)7(14)15-5/h1H,2H2,(H2,14,15). The average molecular weight is 252 g/mol. The van der Waals surface area contributed by atoms with E-state index in [9.17, 15) is 13.2 Å². The summed E-state index contributed by atoms with van der Waals surface area (Å²) < 4.78 is 39.6. The van der Waals surface area contributed by atoms with Crippen LogP contribution in [0.25, 0.3) is 0 Å². The molecule has 1 heterocycles. The Morgan fingerprint density at radius 1 is 1.56 bits per heavy atom. The molecule has 16 heavy (non-hydrogen) atoms. The van der Waals surface area contributed by atoms with Crippen LogP contribution in [0.1, 0.15) is 11.3 Å². The molecule has 0 atom stereocenters. The first-order chi connectivity index (χ1) is 7.37. The van der Waals surface area contributed by atoms with Gasteiger partial charge in [-0.1, -0.05) is 0 Å². The lowest BCUT2D eigenvalue weighted by Crippen LogP contribution is -2.19. The minimum Gasteiger partial charge on any atom is -0.404 e. The number of halogens is 4. The van der Waals surface area contributed by atoms with E-state index in [1.54, 1.807) is 6.07 Å². The smallest absolute Gasteiger partial charge is 0.404 e. The molecule has 0 aliphatic rings. The van der Waals surface area contributed by atoms with Crippen molar-refractivity contribution < 1.29 is 17.9 Å². The lowest BCUT2D eigenvalue weighted by atomic mass is 10.2. The van der Waals surface area contributed by atoms with Crippen LogP contribution in [0.4, 0.5) is 19.0 Å². The predicted octanol–water partition coefficient (Wildman–Crippen LogP) is 2.17. The molecule has 0 aliphatic carbocycles. The fraction of sp³-hybridized carbons (Fsp3) is 0.250. The van der Waals surface area contributed by atoms with E-state index >= 15 is 0 Å². The van der Waals surface area contributed by atoms with Crippen LogP contribution in [0.15, 0.2) is 6.07 Å². The minimum absolute atomic E-state index is 0.171. The topological polar surface area (TPSA) is 71.9 Å². The third-order valence-electron chi connectivity index (χ3n) is 1.56. The first kappa shape index (κ1) is 12.4. The van der Waals surface area contributed by atoms with Crippen molar-refractivity contribution in [2.45, 2.75) is 12.2 Å². The van der Waals surface area contributed by atoms with E-state index in [0.29, 0.717) is 0 Å². The SMILES string of the molecule is N#Cc1cc(OC(F)(F)F)c(CCl)nc1N. The molecule has 0 aliphatic heterocycles. The summed E-state index contributed by atoms with van der Waals surface area (Å²) in [7, 11) is 0. The van der Waals surface area contributed by atoms with Gasteiger partial charge in [0.25, 0.3) is 0 Å². The van der Waals surface area contributed by atoms with Gasteiger partial charge in [0.1, 0.15) is 11.9 Å². The fourth-order valence-corrected chi connectivity index (χ4v) is 1.14. The van der Waals surface area contributed by atoms with E-state index in [0.717, 1.165) is 6.07 Å². The Morgan fingerprint density at radius 2 is 2.19 bits per heavy atom. The number of hydrogen-bond acceptors (Lipinski definition) is 4. The summed E-state index contributed by atoms with van der Waals surface area (Å²) in [4.78, 5) is 3.54. The number of nitrogens with zero attached hydrogens (tertiary/aromatic N) is 2. The zero-order valence-corrected chi connectivity index (χ0v) is 8.43. The number of ether oxygens (including phenoxy) is 1. The minimum atomic E-state index is -4.87. The molecule has 8 heteroatoms. The average Bonchev–Trinajstić information content (AvgIpc) is 2.18. The molecule has 4 nitrogen and oxygen atoms in total. The second-order valence-electron chi connectivity index (χ2n) is 2.66. The molecule has 0 bridgehead atoms. The van der Waals surface area contributed by atoms with Gasteiger partial charge in [-0.25, -0.2) is 4.98 Å². The number of nitrogen functional groups attached to an aromatic ring is 1. The van der Waals surface area contributed by atoms with Crippen LogP contribution in [-0.2, 0) is 5.88 Å². The molecule has 0 spiro atoms. The molecule has 0 unspecified atom stereocenters. The summed E-state index contributed by atoms with van der Waals surface area (Å²) in [5, 5.41) is 8.57. The Hall–Kier alpha value is -1.68. The molecule has 0 radical (unpaired) electrons. The third-order valence-corrected chi connectivity index (χ3v) is 1.82. The van der Waals surface area contributed by atoms with Crippen LogP contribution in [0.5, 0.6) is 5.75 Å². The summed E-state index contributed by atoms with van der Waals surface area (Å²) in [6.45, 7) is 0. The lowest BCUT2D eigenvalue weighted by molar-refractivity contribution is -0.275. The Bertz CT molecular complexity index is 441. The quantitative estimate of drug-likeness (QED) is 0.818. The number of hydrogen-bond donors (Lipinski definition) is 1. The van der Waals surface area contributed by atoms with Gasteiger partial charge >= 0.3 is 6.36 Å².